The molecular formula is C24H35N5O8. The van der Waals surface area contributed by atoms with Crippen LogP contribution in [-0.4, -0.2) is 82.2 Å². The van der Waals surface area contributed by atoms with Crippen molar-refractivity contribution in [2.75, 3.05) is 13.1 Å². The first-order valence-corrected chi connectivity index (χ1v) is 12.2. The van der Waals surface area contributed by atoms with Crippen LogP contribution in [0.3, 0.4) is 0 Å². The smallest absolute Gasteiger partial charge is 0.326 e. The lowest BCUT2D eigenvalue weighted by Crippen LogP contribution is -2.58. The molecule has 9 N–H and O–H groups in total. The topological polar surface area (TPSA) is 220 Å². The van der Waals surface area contributed by atoms with Crippen molar-refractivity contribution in [3.8, 4) is 5.75 Å². The Morgan fingerprint density at radius 3 is 2.16 bits per heavy atom. The molecule has 0 aromatic heterocycles. The predicted octanol–water partition coefficient (Wildman–Crippen LogP) is -1.17. The number of carbonyl (C=O) groups is 5. The number of aliphatic carboxylic acids is 2. The number of aromatic hydroxyl groups is 1. The highest BCUT2D eigenvalue weighted by Gasteiger charge is 2.32. The molecule has 1 aliphatic heterocycles. The van der Waals surface area contributed by atoms with Gasteiger partial charge in [-0.1, -0.05) is 12.1 Å². The van der Waals surface area contributed by atoms with E-state index in [2.05, 4.69) is 21.3 Å². The summed E-state index contributed by atoms with van der Waals surface area (Å²) in [7, 11) is 0. The van der Waals surface area contributed by atoms with E-state index >= 15 is 0 Å². The zero-order chi connectivity index (χ0) is 27.4. The molecule has 1 aromatic carbocycles. The van der Waals surface area contributed by atoms with Crippen LogP contribution in [0.25, 0.3) is 0 Å². The third kappa shape index (κ3) is 10.1. The minimum Gasteiger partial charge on any atom is -0.508 e. The van der Waals surface area contributed by atoms with Crippen molar-refractivity contribution in [1.82, 2.24) is 21.3 Å². The fourth-order valence-corrected chi connectivity index (χ4v) is 3.94. The van der Waals surface area contributed by atoms with Gasteiger partial charge in [-0.3, -0.25) is 19.2 Å². The molecule has 0 radical (unpaired) electrons. The van der Waals surface area contributed by atoms with Gasteiger partial charge in [-0.2, -0.15) is 0 Å². The second-order valence-electron chi connectivity index (χ2n) is 8.92. The zero-order valence-electron chi connectivity index (χ0n) is 20.4. The number of phenolic OH excluding ortho intramolecular Hbond substituents is 1. The number of benzene rings is 1. The number of hydrogen-bond donors (Lipinski definition) is 8. The van der Waals surface area contributed by atoms with Gasteiger partial charge >= 0.3 is 11.9 Å². The lowest BCUT2D eigenvalue weighted by atomic mass is 10.0. The Balaban J connectivity index is 2.20. The predicted molar refractivity (Wildman–Crippen MR) is 131 cm³/mol. The number of nitrogens with two attached hydrogens (primary N) is 1. The van der Waals surface area contributed by atoms with Crippen molar-refractivity contribution in [3.63, 3.8) is 0 Å². The van der Waals surface area contributed by atoms with Crippen LogP contribution >= 0.6 is 0 Å². The van der Waals surface area contributed by atoms with E-state index in [1.165, 1.54) is 24.3 Å². The van der Waals surface area contributed by atoms with Gasteiger partial charge < -0.3 is 42.3 Å². The molecule has 1 fully saturated rings. The summed E-state index contributed by atoms with van der Waals surface area (Å²) in [6.45, 7) is 0.992. The lowest BCUT2D eigenvalue weighted by Gasteiger charge is -2.25. The van der Waals surface area contributed by atoms with Crippen LogP contribution in [0.1, 0.15) is 44.1 Å². The molecule has 4 atom stereocenters. The third-order valence-electron chi connectivity index (χ3n) is 5.96. The van der Waals surface area contributed by atoms with E-state index < -0.39 is 60.2 Å². The molecular weight excluding hydrogens is 486 g/mol. The molecule has 13 nitrogen and oxygen atoms in total. The van der Waals surface area contributed by atoms with Crippen molar-refractivity contribution < 1.29 is 39.3 Å². The Bertz CT molecular complexity index is 949. The zero-order valence-corrected chi connectivity index (χ0v) is 20.4. The number of nitrogens with one attached hydrogen (secondary N) is 4. The van der Waals surface area contributed by atoms with Gasteiger partial charge in [0.25, 0.3) is 0 Å². The van der Waals surface area contributed by atoms with Crippen LogP contribution in [0.2, 0.25) is 0 Å². The number of carbonyl (C=O) groups excluding carboxylic acids is 3. The first-order chi connectivity index (χ1) is 17.6. The number of carboxylic acid groups (broad SMARTS) is 2. The summed E-state index contributed by atoms with van der Waals surface area (Å²) < 4.78 is 0. The van der Waals surface area contributed by atoms with Crippen LogP contribution < -0.4 is 27.0 Å². The van der Waals surface area contributed by atoms with Crippen molar-refractivity contribution in [3.05, 3.63) is 29.8 Å². The third-order valence-corrected chi connectivity index (χ3v) is 5.96. The summed E-state index contributed by atoms with van der Waals surface area (Å²) in [6, 6.07) is 1.32. The molecule has 1 heterocycles. The van der Waals surface area contributed by atoms with Gasteiger partial charge in [0.1, 0.15) is 23.9 Å². The Morgan fingerprint density at radius 2 is 1.59 bits per heavy atom. The molecule has 1 aliphatic rings. The number of amides is 3. The van der Waals surface area contributed by atoms with Crippen LogP contribution in [0.15, 0.2) is 24.3 Å². The molecule has 0 aliphatic carbocycles. The van der Waals surface area contributed by atoms with E-state index in [0.29, 0.717) is 37.9 Å². The summed E-state index contributed by atoms with van der Waals surface area (Å²) in [6.07, 6.45) is 1.67. The monoisotopic (exact) mass is 521 g/mol. The summed E-state index contributed by atoms with van der Waals surface area (Å²) in [4.78, 5) is 61.7. The fourth-order valence-electron chi connectivity index (χ4n) is 3.94. The quantitative estimate of drug-likeness (QED) is 0.129. The van der Waals surface area contributed by atoms with E-state index in [1.807, 2.05) is 0 Å². The summed E-state index contributed by atoms with van der Waals surface area (Å²) in [5, 5.41) is 38.6. The number of unbranched alkanes of at least 4 members (excludes halogenated alkanes) is 1. The van der Waals surface area contributed by atoms with Gasteiger partial charge in [-0.25, -0.2) is 4.79 Å². The van der Waals surface area contributed by atoms with Crippen LogP contribution in [0.5, 0.6) is 5.75 Å². The van der Waals surface area contributed by atoms with Gasteiger partial charge in [0.05, 0.1) is 12.5 Å². The van der Waals surface area contributed by atoms with Crippen molar-refractivity contribution in [1.29, 1.82) is 0 Å². The summed E-state index contributed by atoms with van der Waals surface area (Å²) in [5.41, 5.74) is 6.00. The maximum atomic E-state index is 13.1. The Morgan fingerprint density at radius 1 is 0.946 bits per heavy atom. The van der Waals surface area contributed by atoms with Gasteiger partial charge in [-0.15, -0.1) is 0 Å². The SMILES string of the molecule is NCCCCC(NC(=O)C(Cc1ccc(O)cc1)NC(=O)C(CC(=O)O)NC(=O)C1CCCN1)C(=O)O. The van der Waals surface area contributed by atoms with Crippen molar-refractivity contribution in [2.45, 2.75) is 69.1 Å². The standard InChI is InChI=1S/C24H35N5O8/c25-10-2-1-4-17(24(36)37)27-22(34)18(12-14-6-8-15(30)9-7-14)28-23(35)19(13-20(31)32)29-21(33)16-5-3-11-26-16/h6-9,16-19,26,30H,1-5,10-13,25H2,(H,27,34)(H,28,35)(H,29,33)(H,31,32)(H,36,37). The number of phenols is 1. The Kier molecular flexibility index (Phi) is 11.8. The molecule has 0 bridgehead atoms. The van der Waals surface area contributed by atoms with Gasteiger partial charge in [0.15, 0.2) is 0 Å². The summed E-state index contributed by atoms with van der Waals surface area (Å²) in [5.74, 6) is -4.80. The maximum absolute atomic E-state index is 13.1. The van der Waals surface area contributed by atoms with E-state index in [1.54, 1.807) is 0 Å². The lowest BCUT2D eigenvalue weighted by molar-refractivity contribution is -0.143. The van der Waals surface area contributed by atoms with E-state index in [-0.39, 0.29) is 18.6 Å². The molecule has 1 saturated heterocycles. The molecule has 13 heteroatoms. The van der Waals surface area contributed by atoms with Gasteiger partial charge in [0, 0.05) is 6.42 Å². The second kappa shape index (κ2) is 14.8. The number of carboxylic acids is 2. The highest BCUT2D eigenvalue weighted by molar-refractivity contribution is 5.95. The van der Waals surface area contributed by atoms with Gasteiger partial charge in [0.2, 0.25) is 17.7 Å². The molecule has 0 saturated carbocycles. The fraction of sp³-hybridized carbons (Fsp3) is 0.542. The Labute approximate surface area is 214 Å². The largest absolute Gasteiger partial charge is 0.508 e. The maximum Gasteiger partial charge on any atom is 0.326 e. The first-order valence-electron chi connectivity index (χ1n) is 12.2. The average molecular weight is 522 g/mol. The highest BCUT2D eigenvalue weighted by atomic mass is 16.4. The molecule has 204 valence electrons. The number of hydrogen-bond acceptors (Lipinski definition) is 8. The number of rotatable bonds is 15. The molecule has 0 spiro atoms. The van der Waals surface area contributed by atoms with Gasteiger partial charge in [-0.05, 0) is 62.9 Å². The normalized spacial score (nSPS) is 17.3. The molecule has 4 unspecified atom stereocenters. The second-order valence-corrected chi connectivity index (χ2v) is 8.92. The first kappa shape index (κ1) is 29.5. The minimum absolute atomic E-state index is 0.00983. The van der Waals surface area contributed by atoms with E-state index in [9.17, 15) is 39.3 Å². The van der Waals surface area contributed by atoms with Crippen molar-refractivity contribution in [2.24, 2.45) is 5.73 Å². The van der Waals surface area contributed by atoms with Crippen LogP contribution in [-0.2, 0) is 30.4 Å². The van der Waals surface area contributed by atoms with E-state index in [4.69, 9.17) is 5.73 Å². The van der Waals surface area contributed by atoms with E-state index in [0.717, 1.165) is 6.42 Å². The highest BCUT2D eigenvalue weighted by Crippen LogP contribution is 2.13. The van der Waals surface area contributed by atoms with Crippen LogP contribution in [0, 0.1) is 0 Å². The summed E-state index contributed by atoms with van der Waals surface area (Å²) >= 11 is 0. The molecule has 37 heavy (non-hydrogen) atoms. The average Bonchev–Trinajstić information content (AvgIpc) is 3.38. The molecule has 1 aromatic rings. The molecule has 2 rings (SSSR count). The van der Waals surface area contributed by atoms with Crippen LogP contribution in [0.4, 0.5) is 0 Å². The minimum atomic E-state index is -1.46. The molecule has 3 amide bonds. The van der Waals surface area contributed by atoms with Crippen molar-refractivity contribution >= 4 is 29.7 Å². The Hall–Kier alpha value is -3.71.